The van der Waals surface area contributed by atoms with Crippen LogP contribution in [0.2, 0.25) is 0 Å². The van der Waals surface area contributed by atoms with Crippen LogP contribution in [-0.2, 0) is 10.3 Å². The third-order valence-electron chi connectivity index (χ3n) is 3.68. The molecule has 0 aromatic heterocycles. The Morgan fingerprint density at radius 3 is 1.94 bits per heavy atom. The molecule has 4 rings (SSSR count). The number of hydrogen-bond acceptors (Lipinski definition) is 2. The molecular weight excluding hydrogens is 210 g/mol. The number of fused-ring (bicyclic) bond motifs is 5. The van der Waals surface area contributed by atoms with Crippen molar-refractivity contribution < 1.29 is 4.74 Å². The Labute approximate surface area is 99.1 Å². The van der Waals surface area contributed by atoms with Crippen molar-refractivity contribution in [2.45, 2.75) is 11.7 Å². The maximum absolute atomic E-state index is 9.11. The second kappa shape index (κ2) is 2.77. The van der Waals surface area contributed by atoms with Crippen LogP contribution in [0.1, 0.15) is 11.1 Å². The lowest BCUT2D eigenvalue weighted by molar-refractivity contribution is 0.343. The highest BCUT2D eigenvalue weighted by atomic mass is 16.6. The third kappa shape index (κ3) is 0.893. The van der Waals surface area contributed by atoms with Gasteiger partial charge in [-0.3, -0.25) is 0 Å². The van der Waals surface area contributed by atoms with Crippen molar-refractivity contribution in [1.29, 1.82) is 5.26 Å². The lowest BCUT2D eigenvalue weighted by atomic mass is 9.94. The van der Waals surface area contributed by atoms with E-state index in [2.05, 4.69) is 30.3 Å². The van der Waals surface area contributed by atoms with Crippen LogP contribution in [0.25, 0.3) is 11.1 Å². The van der Waals surface area contributed by atoms with E-state index < -0.39 is 5.60 Å². The number of ether oxygens (including phenoxy) is 1. The zero-order valence-corrected chi connectivity index (χ0v) is 9.05. The Morgan fingerprint density at radius 1 is 0.941 bits per heavy atom. The van der Waals surface area contributed by atoms with Crippen molar-refractivity contribution in [3.8, 4) is 17.2 Å². The highest BCUT2D eigenvalue weighted by Gasteiger charge is 2.64. The number of nitrogens with zero attached hydrogens (tertiary/aromatic N) is 1. The summed E-state index contributed by atoms with van der Waals surface area (Å²) in [4.78, 5) is 0. The van der Waals surface area contributed by atoms with Gasteiger partial charge in [0, 0.05) is 0 Å². The molecule has 1 aliphatic carbocycles. The van der Waals surface area contributed by atoms with E-state index in [1.807, 2.05) is 24.3 Å². The Bertz CT molecular complexity index is 623. The van der Waals surface area contributed by atoms with E-state index in [0.717, 1.165) is 11.1 Å². The van der Waals surface area contributed by atoms with E-state index >= 15 is 0 Å². The molecule has 1 heterocycles. The predicted octanol–water partition coefficient (Wildman–Crippen LogP) is 2.83. The smallest absolute Gasteiger partial charge is 0.183 e. The van der Waals surface area contributed by atoms with E-state index in [4.69, 9.17) is 10.00 Å². The number of epoxide rings is 1. The van der Waals surface area contributed by atoms with Gasteiger partial charge in [0.15, 0.2) is 11.7 Å². The summed E-state index contributed by atoms with van der Waals surface area (Å²) >= 11 is 0. The highest BCUT2D eigenvalue weighted by Crippen LogP contribution is 2.60. The molecule has 2 heteroatoms. The van der Waals surface area contributed by atoms with Gasteiger partial charge < -0.3 is 4.74 Å². The molecule has 2 nitrogen and oxygen atoms in total. The normalized spacial score (nSPS) is 21.7. The molecule has 1 aliphatic heterocycles. The minimum absolute atomic E-state index is 0.340. The molecule has 1 unspecified atom stereocenters. The van der Waals surface area contributed by atoms with Gasteiger partial charge in [0.25, 0.3) is 0 Å². The summed E-state index contributed by atoms with van der Waals surface area (Å²) in [5.74, 6) is 0. The molecule has 80 valence electrons. The average Bonchev–Trinajstić information content (AvgIpc) is 3.07. The van der Waals surface area contributed by atoms with Crippen LogP contribution in [0.3, 0.4) is 0 Å². The van der Waals surface area contributed by atoms with Gasteiger partial charge in [-0.15, -0.1) is 0 Å². The summed E-state index contributed by atoms with van der Waals surface area (Å²) in [6.45, 7) is 0. The summed E-state index contributed by atoms with van der Waals surface area (Å²) in [6.07, 6.45) is -0.340. The molecular formula is C15H9NO. The maximum atomic E-state index is 9.11. The van der Waals surface area contributed by atoms with Crippen molar-refractivity contribution in [2.75, 3.05) is 0 Å². The number of benzene rings is 2. The third-order valence-corrected chi connectivity index (χ3v) is 3.68. The van der Waals surface area contributed by atoms with Crippen LogP contribution in [0.15, 0.2) is 48.5 Å². The largest absolute Gasteiger partial charge is 0.340 e. The summed E-state index contributed by atoms with van der Waals surface area (Å²) in [7, 11) is 0. The van der Waals surface area contributed by atoms with Crippen molar-refractivity contribution in [3.05, 3.63) is 59.7 Å². The van der Waals surface area contributed by atoms with E-state index in [1.54, 1.807) is 0 Å². The predicted molar refractivity (Wildman–Crippen MR) is 63.1 cm³/mol. The van der Waals surface area contributed by atoms with Crippen molar-refractivity contribution in [1.82, 2.24) is 0 Å². The quantitative estimate of drug-likeness (QED) is 0.639. The van der Waals surface area contributed by atoms with E-state index in [-0.39, 0.29) is 6.10 Å². The van der Waals surface area contributed by atoms with Crippen molar-refractivity contribution >= 4 is 0 Å². The molecule has 17 heavy (non-hydrogen) atoms. The molecule has 1 spiro atoms. The number of hydrogen-bond donors (Lipinski definition) is 0. The second-order valence-electron chi connectivity index (χ2n) is 4.45. The van der Waals surface area contributed by atoms with E-state index in [0.29, 0.717) is 0 Å². The fraction of sp³-hybridized carbons (Fsp3) is 0.133. The summed E-state index contributed by atoms with van der Waals surface area (Å²) in [6, 6.07) is 18.6. The van der Waals surface area contributed by atoms with Gasteiger partial charge in [-0.2, -0.15) is 5.26 Å². The Hall–Kier alpha value is -2.11. The molecule has 1 atom stereocenters. The lowest BCUT2D eigenvalue weighted by Crippen LogP contribution is -2.09. The molecule has 0 amide bonds. The monoisotopic (exact) mass is 219 g/mol. The first-order valence-corrected chi connectivity index (χ1v) is 5.65. The number of rotatable bonds is 0. The van der Waals surface area contributed by atoms with Crippen LogP contribution in [0.4, 0.5) is 0 Å². The zero-order chi connectivity index (χ0) is 11.5. The molecule has 2 aliphatic rings. The minimum Gasteiger partial charge on any atom is -0.340 e. The van der Waals surface area contributed by atoms with Gasteiger partial charge in [0.05, 0.1) is 6.07 Å². The fourth-order valence-corrected chi connectivity index (χ4v) is 2.91. The first kappa shape index (κ1) is 8.98. The Balaban J connectivity index is 2.09. The van der Waals surface area contributed by atoms with Crippen LogP contribution in [0.5, 0.6) is 0 Å². The summed E-state index contributed by atoms with van der Waals surface area (Å²) in [5.41, 5.74) is 4.17. The molecule has 0 N–H and O–H groups in total. The Morgan fingerprint density at radius 2 is 1.47 bits per heavy atom. The zero-order valence-electron chi connectivity index (χ0n) is 9.05. The second-order valence-corrected chi connectivity index (χ2v) is 4.45. The van der Waals surface area contributed by atoms with Gasteiger partial charge >= 0.3 is 0 Å². The van der Waals surface area contributed by atoms with Gasteiger partial charge in [-0.05, 0) is 22.3 Å². The number of nitriles is 1. The SMILES string of the molecule is N#CC1OC12c1ccccc1-c1ccccc12. The molecule has 1 fully saturated rings. The van der Waals surface area contributed by atoms with Crippen molar-refractivity contribution in [3.63, 3.8) is 0 Å². The van der Waals surface area contributed by atoms with Crippen LogP contribution in [-0.4, -0.2) is 6.10 Å². The first-order chi connectivity index (χ1) is 8.38. The van der Waals surface area contributed by atoms with Gasteiger partial charge in [-0.25, -0.2) is 0 Å². The van der Waals surface area contributed by atoms with Crippen LogP contribution < -0.4 is 0 Å². The average molecular weight is 219 g/mol. The highest BCUT2D eigenvalue weighted by molar-refractivity contribution is 5.82. The minimum atomic E-state index is -0.484. The maximum Gasteiger partial charge on any atom is 0.183 e. The standard InChI is InChI=1S/C15H9NO/c16-9-14-15(17-14)12-7-3-1-5-10(12)11-6-2-4-8-13(11)15/h1-8,14H. The molecule has 2 aromatic carbocycles. The Kier molecular flexibility index (Phi) is 1.46. The fourth-order valence-electron chi connectivity index (χ4n) is 2.91. The van der Waals surface area contributed by atoms with E-state index in [1.165, 1.54) is 11.1 Å². The summed E-state index contributed by atoms with van der Waals surface area (Å²) in [5, 5.41) is 9.11. The van der Waals surface area contributed by atoms with Gasteiger partial charge in [0.1, 0.15) is 0 Å². The van der Waals surface area contributed by atoms with Gasteiger partial charge in [-0.1, -0.05) is 48.5 Å². The first-order valence-electron chi connectivity index (χ1n) is 5.65. The van der Waals surface area contributed by atoms with E-state index in [9.17, 15) is 0 Å². The molecule has 1 saturated heterocycles. The lowest BCUT2D eigenvalue weighted by Gasteiger charge is -2.05. The van der Waals surface area contributed by atoms with Crippen LogP contribution >= 0.6 is 0 Å². The van der Waals surface area contributed by atoms with Crippen molar-refractivity contribution in [2.24, 2.45) is 0 Å². The molecule has 0 saturated carbocycles. The summed E-state index contributed by atoms with van der Waals surface area (Å²) < 4.78 is 5.71. The topological polar surface area (TPSA) is 36.3 Å². The molecule has 0 radical (unpaired) electrons. The molecule has 2 aromatic rings. The molecule has 0 bridgehead atoms. The van der Waals surface area contributed by atoms with Crippen LogP contribution in [0, 0.1) is 11.3 Å². The van der Waals surface area contributed by atoms with Gasteiger partial charge in [0.2, 0.25) is 0 Å².